The molecule has 1 atom stereocenters. The lowest BCUT2D eigenvalue weighted by Crippen LogP contribution is -2.39. The second kappa shape index (κ2) is 7.61. The molecule has 0 saturated carbocycles. The zero-order valence-electron chi connectivity index (χ0n) is 16.0. The summed E-state index contributed by atoms with van der Waals surface area (Å²) in [6, 6.07) is 12.5. The van der Waals surface area contributed by atoms with E-state index in [-0.39, 0.29) is 11.6 Å². The monoisotopic (exact) mass is 362 g/mol. The maximum absolute atomic E-state index is 12.9. The van der Waals surface area contributed by atoms with Crippen molar-refractivity contribution in [3.05, 3.63) is 70.4 Å². The van der Waals surface area contributed by atoms with Gasteiger partial charge in [-0.1, -0.05) is 36.8 Å². The van der Waals surface area contributed by atoms with Gasteiger partial charge in [-0.05, 0) is 56.5 Å². The van der Waals surface area contributed by atoms with Crippen molar-refractivity contribution in [2.45, 2.75) is 39.3 Å². The van der Waals surface area contributed by atoms with E-state index in [0.29, 0.717) is 17.6 Å². The van der Waals surface area contributed by atoms with Crippen molar-refractivity contribution in [1.29, 1.82) is 0 Å². The number of aromatic nitrogens is 3. The lowest BCUT2D eigenvalue weighted by atomic mass is 9.95. The van der Waals surface area contributed by atoms with Crippen molar-refractivity contribution in [3.63, 3.8) is 0 Å². The molecule has 1 fully saturated rings. The lowest BCUT2D eigenvalue weighted by Gasteiger charge is -2.37. The molecule has 5 nitrogen and oxygen atoms in total. The Morgan fingerprint density at radius 2 is 1.85 bits per heavy atom. The minimum atomic E-state index is -0.0666. The molecule has 140 valence electrons. The number of nitrogens with zero attached hydrogens (tertiary/aromatic N) is 4. The van der Waals surface area contributed by atoms with Gasteiger partial charge in [0.15, 0.2) is 5.52 Å². The molecule has 3 aromatic rings. The van der Waals surface area contributed by atoms with Crippen LogP contribution in [0.4, 0.5) is 0 Å². The third-order valence-corrected chi connectivity index (χ3v) is 5.68. The number of fused-ring (bicyclic) bond motifs is 1. The Balaban J connectivity index is 1.69. The van der Waals surface area contributed by atoms with E-state index in [1.54, 1.807) is 17.1 Å². The van der Waals surface area contributed by atoms with E-state index in [1.807, 2.05) is 12.1 Å². The van der Waals surface area contributed by atoms with E-state index in [4.69, 9.17) is 0 Å². The van der Waals surface area contributed by atoms with Crippen LogP contribution in [0.15, 0.2) is 53.7 Å². The molecule has 2 aromatic heterocycles. The fourth-order valence-electron chi connectivity index (χ4n) is 3.86. The summed E-state index contributed by atoms with van der Waals surface area (Å²) in [4.78, 5) is 24.1. The Hall–Kier alpha value is -2.53. The van der Waals surface area contributed by atoms with Gasteiger partial charge in [-0.2, -0.15) is 0 Å². The predicted octanol–water partition coefficient (Wildman–Crippen LogP) is 3.57. The molecule has 1 aliphatic heterocycles. The standard InChI is InChI=1S/C22H26N4O/c1-16-5-7-18(8-6-16)20(25-12-9-17(2)10-13-25)14-26-15-24-19-4-3-11-23-21(19)22(26)27/h3-8,11,15,17,20H,9-10,12-14H2,1-2H3/t20-/m0/s1. The molecule has 0 spiro atoms. The lowest BCUT2D eigenvalue weighted by molar-refractivity contribution is 0.124. The highest BCUT2D eigenvalue weighted by Crippen LogP contribution is 2.28. The van der Waals surface area contributed by atoms with E-state index >= 15 is 0 Å². The second-order valence-corrected chi connectivity index (χ2v) is 7.72. The van der Waals surface area contributed by atoms with Crippen molar-refractivity contribution in [3.8, 4) is 0 Å². The molecule has 0 radical (unpaired) electrons. The molecule has 0 unspecified atom stereocenters. The fourth-order valence-corrected chi connectivity index (χ4v) is 3.86. The highest BCUT2D eigenvalue weighted by Gasteiger charge is 2.25. The smallest absolute Gasteiger partial charge is 0.279 e. The minimum absolute atomic E-state index is 0.0666. The van der Waals surface area contributed by atoms with Crippen LogP contribution in [-0.4, -0.2) is 32.5 Å². The normalized spacial score (nSPS) is 17.3. The second-order valence-electron chi connectivity index (χ2n) is 7.72. The average molecular weight is 362 g/mol. The van der Waals surface area contributed by atoms with Gasteiger partial charge < -0.3 is 0 Å². The van der Waals surface area contributed by atoms with Gasteiger partial charge in [0.2, 0.25) is 0 Å². The van der Waals surface area contributed by atoms with Gasteiger partial charge in [0.1, 0.15) is 0 Å². The Kier molecular flexibility index (Phi) is 5.03. The van der Waals surface area contributed by atoms with Gasteiger partial charge in [-0.3, -0.25) is 14.3 Å². The minimum Gasteiger partial charge on any atom is -0.295 e. The van der Waals surface area contributed by atoms with Crippen LogP contribution in [0.1, 0.15) is 36.9 Å². The topological polar surface area (TPSA) is 51.0 Å². The van der Waals surface area contributed by atoms with E-state index in [2.05, 4.69) is 53.0 Å². The number of likely N-dealkylation sites (tertiary alicyclic amines) is 1. The third-order valence-electron chi connectivity index (χ3n) is 5.68. The molecule has 0 aliphatic carbocycles. The van der Waals surface area contributed by atoms with Crippen LogP contribution < -0.4 is 5.56 Å². The number of pyridine rings is 1. The number of hydrogen-bond acceptors (Lipinski definition) is 4. The number of hydrogen-bond donors (Lipinski definition) is 0. The van der Waals surface area contributed by atoms with Crippen molar-refractivity contribution < 1.29 is 0 Å². The zero-order chi connectivity index (χ0) is 18.8. The first-order valence-corrected chi connectivity index (χ1v) is 9.72. The molecule has 1 saturated heterocycles. The molecule has 0 amide bonds. The summed E-state index contributed by atoms with van der Waals surface area (Å²) >= 11 is 0. The van der Waals surface area contributed by atoms with E-state index in [0.717, 1.165) is 19.0 Å². The van der Waals surface area contributed by atoms with Gasteiger partial charge in [0.25, 0.3) is 5.56 Å². The van der Waals surface area contributed by atoms with Crippen LogP contribution in [0.3, 0.4) is 0 Å². The predicted molar refractivity (Wildman–Crippen MR) is 108 cm³/mol. The molecule has 1 aliphatic rings. The highest BCUT2D eigenvalue weighted by atomic mass is 16.1. The molecule has 0 N–H and O–H groups in total. The van der Waals surface area contributed by atoms with Crippen LogP contribution in [0.25, 0.3) is 11.0 Å². The SMILES string of the molecule is Cc1ccc([C@H](Cn2cnc3cccnc3c2=O)N2CCC(C)CC2)cc1. The van der Waals surface area contributed by atoms with Crippen LogP contribution in [0, 0.1) is 12.8 Å². The highest BCUT2D eigenvalue weighted by molar-refractivity contribution is 5.71. The van der Waals surface area contributed by atoms with Crippen LogP contribution >= 0.6 is 0 Å². The summed E-state index contributed by atoms with van der Waals surface area (Å²) in [6.45, 7) is 7.14. The van der Waals surface area contributed by atoms with E-state index < -0.39 is 0 Å². The Labute approximate surface area is 159 Å². The van der Waals surface area contributed by atoms with Gasteiger partial charge in [0.05, 0.1) is 17.9 Å². The number of rotatable bonds is 4. The first-order chi connectivity index (χ1) is 13.1. The molecule has 5 heteroatoms. The molecule has 1 aromatic carbocycles. The molecular weight excluding hydrogens is 336 g/mol. The molecular formula is C22H26N4O. The van der Waals surface area contributed by atoms with Crippen molar-refractivity contribution in [2.75, 3.05) is 13.1 Å². The Morgan fingerprint density at radius 1 is 1.11 bits per heavy atom. The van der Waals surface area contributed by atoms with Gasteiger partial charge in [0, 0.05) is 12.7 Å². The third kappa shape index (κ3) is 3.78. The molecule has 4 rings (SSSR count). The van der Waals surface area contributed by atoms with Crippen LogP contribution in [-0.2, 0) is 6.54 Å². The average Bonchev–Trinajstić information content (AvgIpc) is 2.70. The van der Waals surface area contributed by atoms with Crippen LogP contribution in [0.2, 0.25) is 0 Å². The van der Waals surface area contributed by atoms with Gasteiger partial charge in [-0.25, -0.2) is 9.97 Å². The molecule has 27 heavy (non-hydrogen) atoms. The molecule has 3 heterocycles. The van der Waals surface area contributed by atoms with Gasteiger partial charge >= 0.3 is 0 Å². The summed E-state index contributed by atoms with van der Waals surface area (Å²) in [6.07, 6.45) is 5.73. The van der Waals surface area contributed by atoms with Crippen molar-refractivity contribution in [2.24, 2.45) is 5.92 Å². The summed E-state index contributed by atoms with van der Waals surface area (Å²) in [5, 5.41) is 0. The Bertz CT molecular complexity index is 972. The quantitative estimate of drug-likeness (QED) is 0.712. The number of aryl methyl sites for hydroxylation is 1. The number of benzene rings is 1. The van der Waals surface area contributed by atoms with Crippen molar-refractivity contribution in [1.82, 2.24) is 19.4 Å². The van der Waals surface area contributed by atoms with Crippen molar-refractivity contribution >= 4 is 11.0 Å². The summed E-state index contributed by atoms with van der Waals surface area (Å²) in [7, 11) is 0. The summed E-state index contributed by atoms with van der Waals surface area (Å²) in [5.41, 5.74) is 3.53. The summed E-state index contributed by atoms with van der Waals surface area (Å²) < 4.78 is 1.72. The maximum atomic E-state index is 12.9. The van der Waals surface area contributed by atoms with E-state index in [9.17, 15) is 4.79 Å². The van der Waals surface area contributed by atoms with E-state index in [1.165, 1.54) is 24.0 Å². The zero-order valence-corrected chi connectivity index (χ0v) is 16.0. The Morgan fingerprint density at radius 3 is 2.59 bits per heavy atom. The largest absolute Gasteiger partial charge is 0.295 e. The first-order valence-electron chi connectivity index (χ1n) is 9.72. The first kappa shape index (κ1) is 17.9. The number of piperidine rings is 1. The van der Waals surface area contributed by atoms with Gasteiger partial charge in [-0.15, -0.1) is 0 Å². The molecule has 0 bridgehead atoms. The fraction of sp³-hybridized carbons (Fsp3) is 0.409. The summed E-state index contributed by atoms with van der Waals surface area (Å²) in [5.74, 6) is 0.772. The van der Waals surface area contributed by atoms with Crippen LogP contribution in [0.5, 0.6) is 0 Å². The maximum Gasteiger partial charge on any atom is 0.279 e.